The Bertz CT molecular complexity index is 597. The number of aromatic hydroxyl groups is 1. The average molecular weight is 287 g/mol. The van der Waals surface area contributed by atoms with Crippen molar-refractivity contribution in [3.8, 4) is 17.2 Å². The van der Waals surface area contributed by atoms with E-state index in [1.807, 2.05) is 25.1 Å². The number of aryl methyl sites for hydroxylation is 2. The van der Waals surface area contributed by atoms with Gasteiger partial charge in [-0.05, 0) is 37.0 Å². The second kappa shape index (κ2) is 6.88. The first-order valence-corrected chi connectivity index (χ1v) is 6.96. The second-order valence-electron chi connectivity index (χ2n) is 4.92. The first-order chi connectivity index (χ1) is 10.1. The highest BCUT2D eigenvalue weighted by atomic mass is 16.5. The highest BCUT2D eigenvalue weighted by Gasteiger charge is 2.15. The minimum Gasteiger partial charge on any atom is -0.503 e. The largest absolute Gasteiger partial charge is 0.503 e. The van der Waals surface area contributed by atoms with Crippen molar-refractivity contribution in [1.82, 2.24) is 0 Å². The molecule has 0 radical (unpaired) electrons. The molecule has 0 aliphatic heterocycles. The molecule has 4 heteroatoms. The molecule has 0 aromatic heterocycles. The van der Waals surface area contributed by atoms with Gasteiger partial charge < -0.3 is 20.3 Å². The Morgan fingerprint density at radius 1 is 1.19 bits per heavy atom. The Kier molecular flexibility index (Phi) is 4.93. The fraction of sp³-hybridized carbons (Fsp3) is 0.294. The van der Waals surface area contributed by atoms with Crippen molar-refractivity contribution in [3.63, 3.8) is 0 Å². The fourth-order valence-electron chi connectivity index (χ4n) is 2.15. The van der Waals surface area contributed by atoms with Crippen LogP contribution in [0.2, 0.25) is 0 Å². The number of hydrogen-bond acceptors (Lipinski definition) is 4. The molecule has 3 N–H and O–H groups in total. The van der Waals surface area contributed by atoms with Gasteiger partial charge in [0.05, 0.1) is 19.4 Å². The van der Waals surface area contributed by atoms with Crippen LogP contribution in [0.5, 0.6) is 17.2 Å². The molecular formula is C17H21NO3. The predicted molar refractivity (Wildman–Crippen MR) is 84.1 cm³/mol. The molecule has 0 atom stereocenters. The Morgan fingerprint density at radius 3 is 2.57 bits per heavy atom. The lowest BCUT2D eigenvalue weighted by Crippen LogP contribution is -2.03. The zero-order valence-electron chi connectivity index (χ0n) is 12.4. The SMILES string of the molecule is COc1cc(C)c(N)c(O)c1OCCCc1ccccc1. The third kappa shape index (κ3) is 3.60. The molecule has 0 aliphatic rings. The van der Waals surface area contributed by atoms with Gasteiger partial charge in [0.1, 0.15) is 0 Å². The van der Waals surface area contributed by atoms with Crippen LogP contribution in [0.4, 0.5) is 5.69 Å². The lowest BCUT2D eigenvalue weighted by molar-refractivity contribution is 0.275. The summed E-state index contributed by atoms with van der Waals surface area (Å²) in [6, 6.07) is 12.0. The molecule has 0 saturated heterocycles. The van der Waals surface area contributed by atoms with E-state index in [9.17, 15) is 5.11 Å². The Hall–Kier alpha value is -2.36. The topological polar surface area (TPSA) is 64.7 Å². The van der Waals surface area contributed by atoms with Crippen molar-refractivity contribution in [1.29, 1.82) is 0 Å². The molecule has 0 bridgehead atoms. The first kappa shape index (κ1) is 15.0. The molecule has 4 nitrogen and oxygen atoms in total. The molecule has 0 unspecified atom stereocenters. The minimum atomic E-state index is -0.0495. The van der Waals surface area contributed by atoms with Crippen LogP contribution in [0.1, 0.15) is 17.5 Å². The van der Waals surface area contributed by atoms with Crippen LogP contribution in [-0.4, -0.2) is 18.8 Å². The second-order valence-corrected chi connectivity index (χ2v) is 4.92. The van der Waals surface area contributed by atoms with Gasteiger partial charge in [-0.3, -0.25) is 0 Å². The standard InChI is InChI=1S/C17H21NO3/c1-12-11-14(20-2)17(16(19)15(12)18)21-10-6-9-13-7-4-3-5-8-13/h3-5,7-8,11,19H,6,9-10,18H2,1-2H3. The van der Waals surface area contributed by atoms with Crippen molar-refractivity contribution < 1.29 is 14.6 Å². The number of rotatable bonds is 6. The third-order valence-electron chi connectivity index (χ3n) is 3.39. The zero-order chi connectivity index (χ0) is 15.2. The Labute approximate surface area is 125 Å². The quantitative estimate of drug-likeness (QED) is 0.486. The van der Waals surface area contributed by atoms with Crippen LogP contribution in [0, 0.1) is 6.92 Å². The summed E-state index contributed by atoms with van der Waals surface area (Å²) in [5.41, 5.74) is 8.17. The summed E-state index contributed by atoms with van der Waals surface area (Å²) in [6.07, 6.45) is 1.77. The maximum absolute atomic E-state index is 10.1. The van der Waals surface area contributed by atoms with E-state index in [2.05, 4.69) is 12.1 Å². The molecule has 0 amide bonds. The number of phenols is 1. The molecule has 0 heterocycles. The van der Waals surface area contributed by atoms with Gasteiger partial charge in [0.25, 0.3) is 0 Å². The lowest BCUT2D eigenvalue weighted by atomic mass is 10.1. The van der Waals surface area contributed by atoms with Crippen molar-refractivity contribution in [2.45, 2.75) is 19.8 Å². The van der Waals surface area contributed by atoms with E-state index in [-0.39, 0.29) is 5.75 Å². The van der Waals surface area contributed by atoms with Crippen LogP contribution in [0.15, 0.2) is 36.4 Å². The van der Waals surface area contributed by atoms with E-state index < -0.39 is 0 Å². The predicted octanol–water partition coefficient (Wildman–Crippen LogP) is 3.30. The molecule has 0 fully saturated rings. The van der Waals surface area contributed by atoms with Gasteiger partial charge in [0.2, 0.25) is 5.75 Å². The number of benzene rings is 2. The van der Waals surface area contributed by atoms with Crippen LogP contribution in [0.3, 0.4) is 0 Å². The van der Waals surface area contributed by atoms with E-state index in [1.165, 1.54) is 5.56 Å². The summed E-state index contributed by atoms with van der Waals surface area (Å²) in [6.45, 7) is 2.30. The number of nitrogens with two attached hydrogens (primary N) is 1. The summed E-state index contributed by atoms with van der Waals surface area (Å²) >= 11 is 0. The monoisotopic (exact) mass is 287 g/mol. The fourth-order valence-corrected chi connectivity index (χ4v) is 2.15. The molecule has 0 saturated carbocycles. The summed E-state index contributed by atoms with van der Waals surface area (Å²) in [5.74, 6) is 0.763. The first-order valence-electron chi connectivity index (χ1n) is 6.96. The molecular weight excluding hydrogens is 266 g/mol. The van der Waals surface area contributed by atoms with Gasteiger partial charge in [-0.15, -0.1) is 0 Å². The average Bonchev–Trinajstić information content (AvgIpc) is 2.51. The maximum atomic E-state index is 10.1. The summed E-state index contributed by atoms with van der Waals surface area (Å²) in [7, 11) is 1.54. The number of ether oxygens (including phenoxy) is 2. The Balaban J connectivity index is 1.98. The summed E-state index contributed by atoms with van der Waals surface area (Å²) in [4.78, 5) is 0. The van der Waals surface area contributed by atoms with Gasteiger partial charge in [-0.25, -0.2) is 0 Å². The van der Waals surface area contributed by atoms with E-state index in [4.69, 9.17) is 15.2 Å². The zero-order valence-corrected chi connectivity index (χ0v) is 12.4. The van der Waals surface area contributed by atoms with Gasteiger partial charge in [-0.1, -0.05) is 30.3 Å². The number of methoxy groups -OCH3 is 1. The van der Waals surface area contributed by atoms with Crippen molar-refractivity contribution >= 4 is 5.69 Å². The number of nitrogen functional groups attached to an aromatic ring is 1. The van der Waals surface area contributed by atoms with Crippen molar-refractivity contribution in [2.24, 2.45) is 0 Å². The lowest BCUT2D eigenvalue weighted by Gasteiger charge is -2.15. The molecule has 0 aliphatic carbocycles. The normalized spacial score (nSPS) is 10.4. The van der Waals surface area contributed by atoms with Crippen LogP contribution in [0.25, 0.3) is 0 Å². The maximum Gasteiger partial charge on any atom is 0.205 e. The Morgan fingerprint density at radius 2 is 1.90 bits per heavy atom. The molecule has 2 aromatic rings. The smallest absolute Gasteiger partial charge is 0.205 e. The highest BCUT2D eigenvalue weighted by molar-refractivity contribution is 5.68. The van der Waals surface area contributed by atoms with Crippen LogP contribution in [-0.2, 0) is 6.42 Å². The molecule has 2 rings (SSSR count). The third-order valence-corrected chi connectivity index (χ3v) is 3.39. The van der Waals surface area contributed by atoms with Crippen molar-refractivity contribution in [2.75, 3.05) is 19.5 Å². The minimum absolute atomic E-state index is 0.0495. The van der Waals surface area contributed by atoms with Crippen LogP contribution < -0.4 is 15.2 Å². The number of hydrogen-bond donors (Lipinski definition) is 2. The highest BCUT2D eigenvalue weighted by Crippen LogP contribution is 2.42. The molecule has 0 spiro atoms. The van der Waals surface area contributed by atoms with Gasteiger partial charge in [0, 0.05) is 0 Å². The molecule has 112 valence electrons. The van der Waals surface area contributed by atoms with Crippen molar-refractivity contribution in [3.05, 3.63) is 47.5 Å². The van der Waals surface area contributed by atoms with E-state index in [1.54, 1.807) is 13.2 Å². The van der Waals surface area contributed by atoms with E-state index in [0.29, 0.717) is 23.8 Å². The van der Waals surface area contributed by atoms with E-state index >= 15 is 0 Å². The van der Waals surface area contributed by atoms with Crippen LogP contribution >= 0.6 is 0 Å². The number of anilines is 1. The van der Waals surface area contributed by atoms with E-state index in [0.717, 1.165) is 18.4 Å². The van der Waals surface area contributed by atoms with Gasteiger partial charge in [-0.2, -0.15) is 0 Å². The van der Waals surface area contributed by atoms with Gasteiger partial charge in [0.15, 0.2) is 11.5 Å². The summed E-state index contributed by atoms with van der Waals surface area (Å²) < 4.78 is 10.9. The molecule has 21 heavy (non-hydrogen) atoms. The summed E-state index contributed by atoms with van der Waals surface area (Å²) in [5, 5.41) is 10.1. The van der Waals surface area contributed by atoms with Gasteiger partial charge >= 0.3 is 0 Å². The number of phenolic OH excluding ortho intramolecular Hbond substituents is 1. The molecule has 2 aromatic carbocycles.